The molecule has 0 aliphatic carbocycles. The van der Waals surface area contributed by atoms with Gasteiger partial charge in [0.25, 0.3) is 11.5 Å². The number of nitrogens with one attached hydrogen (secondary N) is 2. The zero-order valence-electron chi connectivity index (χ0n) is 9.11. The lowest BCUT2D eigenvalue weighted by Crippen LogP contribution is -2.18. The average Bonchev–Trinajstić information content (AvgIpc) is 2.33. The Morgan fingerprint density at radius 2 is 2.11 bits per heavy atom. The van der Waals surface area contributed by atoms with Crippen LogP contribution in [-0.4, -0.2) is 16.1 Å². The molecule has 2 rings (SSSR count). The third-order valence-corrected chi connectivity index (χ3v) is 2.41. The molecule has 1 aromatic carbocycles. The van der Waals surface area contributed by atoms with Crippen molar-refractivity contribution < 1.29 is 4.79 Å². The van der Waals surface area contributed by atoms with Crippen molar-refractivity contribution in [3.05, 3.63) is 51.4 Å². The maximum absolute atomic E-state index is 11.8. The zero-order valence-corrected chi connectivity index (χ0v) is 9.86. The van der Waals surface area contributed by atoms with Gasteiger partial charge in [-0.15, -0.1) is 0 Å². The second kappa shape index (κ2) is 4.89. The second-order valence-corrected chi connectivity index (χ2v) is 3.93. The number of nitrogen functional groups attached to an aromatic ring is 1. The molecule has 2 aromatic rings. The summed E-state index contributed by atoms with van der Waals surface area (Å²) in [6.07, 6.45) is 0. The number of aromatic amines is 1. The van der Waals surface area contributed by atoms with Crippen molar-refractivity contribution in [2.45, 2.75) is 0 Å². The number of nitrogens with two attached hydrogens (primary N) is 1. The minimum atomic E-state index is -0.472. The number of benzene rings is 1. The van der Waals surface area contributed by atoms with Gasteiger partial charge in [0.15, 0.2) is 0 Å². The number of hydrogen-bond donors (Lipinski definition) is 3. The molecule has 4 N–H and O–H groups in total. The first-order valence-corrected chi connectivity index (χ1v) is 5.36. The van der Waals surface area contributed by atoms with Gasteiger partial charge in [-0.3, -0.25) is 9.59 Å². The van der Waals surface area contributed by atoms with Crippen molar-refractivity contribution in [3.8, 4) is 0 Å². The summed E-state index contributed by atoms with van der Waals surface area (Å²) in [4.78, 5) is 22.6. The molecule has 0 saturated carbocycles. The van der Waals surface area contributed by atoms with Crippen molar-refractivity contribution in [3.63, 3.8) is 0 Å². The summed E-state index contributed by atoms with van der Waals surface area (Å²) >= 11 is 5.74. The van der Waals surface area contributed by atoms with Gasteiger partial charge in [0, 0.05) is 11.1 Å². The Hall–Kier alpha value is -2.34. The van der Waals surface area contributed by atoms with Gasteiger partial charge in [0.2, 0.25) is 0 Å². The Kier molecular flexibility index (Phi) is 3.29. The number of nitrogens with zero attached hydrogens (tertiary/aromatic N) is 1. The molecule has 18 heavy (non-hydrogen) atoms. The fraction of sp³-hybridized carbons (Fsp3) is 0. The lowest BCUT2D eigenvalue weighted by Gasteiger charge is -2.07. The highest BCUT2D eigenvalue weighted by Crippen LogP contribution is 2.22. The molecule has 0 radical (unpaired) electrons. The zero-order chi connectivity index (χ0) is 13.1. The van der Waals surface area contributed by atoms with Crippen LogP contribution in [0.3, 0.4) is 0 Å². The van der Waals surface area contributed by atoms with Crippen molar-refractivity contribution in [1.29, 1.82) is 0 Å². The molecular formula is C11H9ClN4O2. The topological polar surface area (TPSA) is 101 Å². The largest absolute Gasteiger partial charge is 0.397 e. The Morgan fingerprint density at radius 3 is 2.72 bits per heavy atom. The number of rotatable bonds is 2. The standard InChI is InChI=1S/C11H9ClN4O2/c12-6-1-2-8(7(13)5-6)14-11(18)9-3-4-10(17)16-15-9/h1-5H,13H2,(H,14,18)(H,16,17). The van der Waals surface area contributed by atoms with E-state index in [0.29, 0.717) is 16.4 Å². The normalized spacial score (nSPS) is 10.1. The number of aromatic nitrogens is 2. The number of amides is 1. The smallest absolute Gasteiger partial charge is 0.276 e. The quantitative estimate of drug-likeness (QED) is 0.711. The van der Waals surface area contributed by atoms with E-state index in [1.165, 1.54) is 18.2 Å². The molecule has 0 aliphatic rings. The van der Waals surface area contributed by atoms with Gasteiger partial charge in [-0.2, -0.15) is 5.10 Å². The molecule has 0 aliphatic heterocycles. The number of H-pyrrole nitrogens is 1. The SMILES string of the molecule is Nc1cc(Cl)ccc1NC(=O)c1ccc(=O)[nH]n1. The second-order valence-electron chi connectivity index (χ2n) is 3.49. The van der Waals surface area contributed by atoms with Gasteiger partial charge >= 0.3 is 0 Å². The third kappa shape index (κ3) is 2.67. The Labute approximate surface area is 107 Å². The molecule has 92 valence electrons. The van der Waals surface area contributed by atoms with E-state index in [9.17, 15) is 9.59 Å². The first-order chi connectivity index (χ1) is 8.56. The maximum Gasteiger partial charge on any atom is 0.276 e. The molecule has 6 nitrogen and oxygen atoms in total. The lowest BCUT2D eigenvalue weighted by atomic mass is 10.2. The number of carbonyl (C=O) groups excluding carboxylic acids is 1. The van der Waals surface area contributed by atoms with Crippen LogP contribution in [0.5, 0.6) is 0 Å². The number of hydrogen-bond acceptors (Lipinski definition) is 4. The van der Waals surface area contributed by atoms with E-state index >= 15 is 0 Å². The number of carbonyl (C=O) groups is 1. The highest BCUT2D eigenvalue weighted by atomic mass is 35.5. The minimum Gasteiger partial charge on any atom is -0.397 e. The Morgan fingerprint density at radius 1 is 1.33 bits per heavy atom. The van der Waals surface area contributed by atoms with Crippen LogP contribution >= 0.6 is 11.6 Å². The predicted molar refractivity (Wildman–Crippen MR) is 68.7 cm³/mol. The highest BCUT2D eigenvalue weighted by Gasteiger charge is 2.09. The van der Waals surface area contributed by atoms with E-state index in [1.54, 1.807) is 12.1 Å². The van der Waals surface area contributed by atoms with Crippen molar-refractivity contribution in [1.82, 2.24) is 10.2 Å². The van der Waals surface area contributed by atoms with Crippen molar-refractivity contribution in [2.24, 2.45) is 0 Å². The van der Waals surface area contributed by atoms with Crippen molar-refractivity contribution in [2.75, 3.05) is 11.1 Å². The van der Waals surface area contributed by atoms with Crippen LogP contribution in [-0.2, 0) is 0 Å². The van der Waals surface area contributed by atoms with Crippen molar-refractivity contribution >= 4 is 28.9 Å². The molecule has 0 spiro atoms. The molecule has 0 saturated heterocycles. The summed E-state index contributed by atoms with van der Waals surface area (Å²) in [7, 11) is 0. The van der Waals surface area contributed by atoms with Gasteiger partial charge in [0.05, 0.1) is 11.4 Å². The summed E-state index contributed by atoms with van der Waals surface area (Å²) in [5, 5.41) is 8.82. The monoisotopic (exact) mass is 264 g/mol. The lowest BCUT2D eigenvalue weighted by molar-refractivity contribution is 0.102. The van der Waals surface area contributed by atoms with Gasteiger partial charge in [-0.05, 0) is 24.3 Å². The van der Waals surface area contributed by atoms with Gasteiger partial charge in [0.1, 0.15) is 5.69 Å². The van der Waals surface area contributed by atoms with E-state index < -0.39 is 5.91 Å². The Balaban J connectivity index is 2.21. The summed E-state index contributed by atoms with van der Waals surface area (Å²) in [5.41, 5.74) is 6.18. The van der Waals surface area contributed by atoms with Gasteiger partial charge in [-0.1, -0.05) is 11.6 Å². The van der Waals surface area contributed by atoms with E-state index in [0.717, 1.165) is 0 Å². The molecular weight excluding hydrogens is 256 g/mol. The summed E-state index contributed by atoms with van der Waals surface area (Å²) in [5.74, 6) is -0.472. The third-order valence-electron chi connectivity index (χ3n) is 2.17. The molecule has 1 heterocycles. The first-order valence-electron chi connectivity index (χ1n) is 4.98. The molecule has 1 amide bonds. The molecule has 0 bridgehead atoms. The van der Waals surface area contributed by atoms with E-state index in [1.807, 2.05) is 0 Å². The van der Waals surface area contributed by atoms with E-state index in [-0.39, 0.29) is 11.3 Å². The summed E-state index contributed by atoms with van der Waals surface area (Å²) < 4.78 is 0. The predicted octanol–water partition coefficient (Wildman–Crippen LogP) is 1.26. The fourth-order valence-electron chi connectivity index (χ4n) is 1.30. The van der Waals surface area contributed by atoms with Gasteiger partial charge < -0.3 is 11.1 Å². The van der Waals surface area contributed by atoms with Crippen LogP contribution in [0.15, 0.2) is 35.1 Å². The van der Waals surface area contributed by atoms with Crippen LogP contribution in [0.4, 0.5) is 11.4 Å². The molecule has 0 fully saturated rings. The number of halogens is 1. The first kappa shape index (κ1) is 12.1. The minimum absolute atomic E-state index is 0.0870. The van der Waals surface area contributed by atoms with Crippen LogP contribution in [0.1, 0.15) is 10.5 Å². The highest BCUT2D eigenvalue weighted by molar-refractivity contribution is 6.31. The molecule has 1 aromatic heterocycles. The fourth-order valence-corrected chi connectivity index (χ4v) is 1.49. The van der Waals surface area contributed by atoms with Crippen LogP contribution in [0.2, 0.25) is 5.02 Å². The number of anilines is 2. The maximum atomic E-state index is 11.8. The Bertz CT molecular complexity index is 633. The molecule has 0 atom stereocenters. The summed E-state index contributed by atoms with van der Waals surface area (Å²) in [6, 6.07) is 7.25. The summed E-state index contributed by atoms with van der Waals surface area (Å²) in [6.45, 7) is 0. The van der Waals surface area contributed by atoms with Gasteiger partial charge in [-0.25, -0.2) is 5.10 Å². The molecule has 7 heteroatoms. The molecule has 0 unspecified atom stereocenters. The van der Waals surface area contributed by atoms with E-state index in [4.69, 9.17) is 17.3 Å². The van der Waals surface area contributed by atoms with Crippen LogP contribution in [0, 0.1) is 0 Å². The van der Waals surface area contributed by atoms with Crippen LogP contribution < -0.4 is 16.6 Å². The van der Waals surface area contributed by atoms with E-state index in [2.05, 4.69) is 15.5 Å². The van der Waals surface area contributed by atoms with Crippen LogP contribution in [0.25, 0.3) is 0 Å². The average molecular weight is 265 g/mol.